The summed E-state index contributed by atoms with van der Waals surface area (Å²) in [6, 6.07) is 22.0. The molecule has 3 aromatic rings. The number of hydrogen-bond donors (Lipinski definition) is 0. The second-order valence-corrected chi connectivity index (χ2v) is 8.03. The molecule has 0 fully saturated rings. The molecule has 2 heterocycles. The zero-order chi connectivity index (χ0) is 18.6. The van der Waals surface area contributed by atoms with E-state index in [1.165, 1.54) is 51.5 Å². The fourth-order valence-corrected chi connectivity index (χ4v) is 4.96. The first-order valence-corrected chi connectivity index (χ1v) is 10.8. The van der Waals surface area contributed by atoms with Crippen LogP contribution in [0.5, 0.6) is 0 Å². The van der Waals surface area contributed by atoms with Crippen molar-refractivity contribution in [3.63, 3.8) is 0 Å². The Kier molecular flexibility index (Phi) is 5.49. The van der Waals surface area contributed by atoms with E-state index in [2.05, 4.69) is 90.1 Å². The van der Waals surface area contributed by atoms with E-state index < -0.39 is 0 Å². The quantitative estimate of drug-likeness (QED) is 0.371. The summed E-state index contributed by atoms with van der Waals surface area (Å²) in [7, 11) is 0. The zero-order valence-corrected chi connectivity index (χ0v) is 17.0. The minimum atomic E-state index is 0.985. The molecule has 1 aromatic heterocycles. The highest BCUT2D eigenvalue weighted by Crippen LogP contribution is 2.46. The van der Waals surface area contributed by atoms with E-state index in [0.29, 0.717) is 0 Å². The lowest BCUT2D eigenvalue weighted by Crippen LogP contribution is -2.38. The summed E-state index contributed by atoms with van der Waals surface area (Å²) in [5, 5.41) is 2.63. The van der Waals surface area contributed by atoms with Crippen molar-refractivity contribution in [2.75, 3.05) is 11.4 Å². The van der Waals surface area contributed by atoms with Gasteiger partial charge in [-0.2, -0.15) is 4.57 Å². The Morgan fingerprint density at radius 1 is 0.926 bits per heavy atom. The first-order valence-electron chi connectivity index (χ1n) is 9.99. The molecule has 0 saturated carbocycles. The van der Waals surface area contributed by atoms with E-state index in [0.717, 1.165) is 13.1 Å². The number of anilines is 1. The summed E-state index contributed by atoms with van der Waals surface area (Å²) in [5.74, 6) is 0. The van der Waals surface area contributed by atoms with Crippen molar-refractivity contribution in [3.8, 4) is 0 Å². The van der Waals surface area contributed by atoms with Crippen LogP contribution in [0, 0.1) is 0 Å². The molecule has 0 unspecified atom stereocenters. The summed E-state index contributed by atoms with van der Waals surface area (Å²) < 4.78 is 2.50. The third-order valence-electron chi connectivity index (χ3n) is 5.18. The molecule has 138 valence electrons. The number of unbranched alkanes of at least 4 members (excludes halogenated alkanes) is 2. The van der Waals surface area contributed by atoms with Crippen LogP contribution in [0.3, 0.4) is 0 Å². The molecule has 0 N–H and O–H groups in total. The highest BCUT2D eigenvalue weighted by Gasteiger charge is 2.25. The third-order valence-corrected chi connectivity index (χ3v) is 6.29. The van der Waals surface area contributed by atoms with Crippen LogP contribution in [0.1, 0.15) is 38.8 Å². The Morgan fingerprint density at radius 3 is 2.59 bits per heavy atom. The molecular formula is C24H27N2S+. The first-order chi connectivity index (χ1) is 13.3. The lowest BCUT2D eigenvalue weighted by Gasteiger charge is -2.17. The number of hydrogen-bond acceptors (Lipinski definition) is 2. The van der Waals surface area contributed by atoms with Gasteiger partial charge in [0, 0.05) is 41.5 Å². The van der Waals surface area contributed by atoms with Crippen LogP contribution in [0.25, 0.3) is 17.0 Å². The molecule has 2 nitrogen and oxygen atoms in total. The molecule has 0 aliphatic carbocycles. The fraction of sp³-hybridized carbons (Fsp3) is 0.292. The average Bonchev–Trinajstić information content (AvgIpc) is 3.06. The molecule has 0 bridgehead atoms. The van der Waals surface area contributed by atoms with Crippen LogP contribution in [-0.4, -0.2) is 6.54 Å². The van der Waals surface area contributed by atoms with Gasteiger partial charge >= 0.3 is 0 Å². The number of pyridine rings is 1. The van der Waals surface area contributed by atoms with Crippen LogP contribution >= 0.6 is 11.8 Å². The van der Waals surface area contributed by atoms with Crippen LogP contribution in [0.4, 0.5) is 5.69 Å². The molecule has 4 rings (SSSR count). The maximum absolute atomic E-state index is 2.50. The highest BCUT2D eigenvalue weighted by molar-refractivity contribution is 8.03. The molecule has 2 aromatic carbocycles. The van der Waals surface area contributed by atoms with Gasteiger partial charge in [-0.05, 0) is 37.6 Å². The van der Waals surface area contributed by atoms with Crippen molar-refractivity contribution in [3.05, 3.63) is 71.4 Å². The summed E-state index contributed by atoms with van der Waals surface area (Å²) in [6.07, 6.45) is 6.10. The smallest absolute Gasteiger partial charge is 0.212 e. The Hall–Kier alpha value is -2.26. The topological polar surface area (TPSA) is 7.12 Å². The van der Waals surface area contributed by atoms with E-state index in [9.17, 15) is 0 Å². The largest absolute Gasteiger partial charge is 0.335 e. The maximum atomic E-state index is 2.50. The Morgan fingerprint density at radius 2 is 1.74 bits per heavy atom. The predicted molar refractivity (Wildman–Crippen MR) is 117 cm³/mol. The number of fused-ring (bicyclic) bond motifs is 2. The maximum Gasteiger partial charge on any atom is 0.212 e. The molecule has 0 atom stereocenters. The standard InChI is InChI=1S/C24H27N2S/c1-3-5-10-17-26-20(16-15-19-11-6-7-12-21(19)26)18-24-25(4-2)22-13-8-9-14-23(22)27-24/h6-9,11-16,18H,3-5,10,17H2,1-2H3/q+1. The average molecular weight is 376 g/mol. The van der Waals surface area contributed by atoms with E-state index >= 15 is 0 Å². The van der Waals surface area contributed by atoms with Gasteiger partial charge in [-0.25, -0.2) is 0 Å². The van der Waals surface area contributed by atoms with Crippen molar-refractivity contribution >= 4 is 34.4 Å². The van der Waals surface area contributed by atoms with Crippen molar-refractivity contribution < 1.29 is 4.57 Å². The summed E-state index contributed by atoms with van der Waals surface area (Å²) >= 11 is 1.88. The molecule has 0 saturated heterocycles. The van der Waals surface area contributed by atoms with Gasteiger partial charge in [0.05, 0.1) is 10.7 Å². The van der Waals surface area contributed by atoms with Crippen LogP contribution in [0.15, 0.2) is 70.6 Å². The molecule has 1 aliphatic rings. The second kappa shape index (κ2) is 8.18. The number of nitrogens with zero attached hydrogens (tertiary/aromatic N) is 2. The number of benzene rings is 2. The van der Waals surface area contributed by atoms with Crippen molar-refractivity contribution in [2.45, 2.75) is 44.6 Å². The minimum absolute atomic E-state index is 0.985. The minimum Gasteiger partial charge on any atom is -0.335 e. The summed E-state index contributed by atoms with van der Waals surface area (Å²) in [4.78, 5) is 3.77. The van der Waals surface area contributed by atoms with Crippen molar-refractivity contribution in [2.24, 2.45) is 0 Å². The molecule has 0 radical (unpaired) electrons. The Bertz CT molecular complexity index is 977. The predicted octanol–water partition coefficient (Wildman–Crippen LogP) is 6.25. The van der Waals surface area contributed by atoms with Crippen LogP contribution in [-0.2, 0) is 6.54 Å². The van der Waals surface area contributed by atoms with E-state index in [4.69, 9.17) is 0 Å². The SMILES string of the molecule is CCCCC[n+]1c(/C=C2/Sc3ccccc3N2CC)ccc2ccccc21. The van der Waals surface area contributed by atoms with Crippen LogP contribution in [0.2, 0.25) is 0 Å². The molecule has 3 heteroatoms. The first kappa shape index (κ1) is 18.1. The molecular weight excluding hydrogens is 348 g/mol. The van der Waals surface area contributed by atoms with E-state index in [1.807, 2.05) is 11.8 Å². The number of thioether (sulfide) groups is 1. The van der Waals surface area contributed by atoms with Crippen molar-refractivity contribution in [1.29, 1.82) is 0 Å². The Labute approximate surface area is 166 Å². The Balaban J connectivity index is 1.77. The monoisotopic (exact) mass is 375 g/mol. The summed E-state index contributed by atoms with van der Waals surface area (Å²) in [6.45, 7) is 6.55. The molecule has 1 aliphatic heterocycles. The summed E-state index contributed by atoms with van der Waals surface area (Å²) in [5.41, 5.74) is 3.94. The van der Waals surface area contributed by atoms with Gasteiger partial charge in [0.25, 0.3) is 0 Å². The van der Waals surface area contributed by atoms with Gasteiger partial charge in [0.2, 0.25) is 11.2 Å². The number of aryl methyl sites for hydroxylation is 1. The van der Waals surface area contributed by atoms with Gasteiger partial charge in [0.15, 0.2) is 0 Å². The molecule has 27 heavy (non-hydrogen) atoms. The number of para-hydroxylation sites is 2. The lowest BCUT2D eigenvalue weighted by molar-refractivity contribution is -0.673. The van der Waals surface area contributed by atoms with Gasteiger partial charge < -0.3 is 4.90 Å². The highest BCUT2D eigenvalue weighted by atomic mass is 32.2. The zero-order valence-electron chi connectivity index (χ0n) is 16.2. The number of rotatable bonds is 6. The van der Waals surface area contributed by atoms with Gasteiger partial charge in [0.1, 0.15) is 6.54 Å². The van der Waals surface area contributed by atoms with Gasteiger partial charge in [-0.3, -0.25) is 0 Å². The van der Waals surface area contributed by atoms with Gasteiger partial charge in [-0.1, -0.05) is 49.4 Å². The van der Waals surface area contributed by atoms with Crippen molar-refractivity contribution in [1.82, 2.24) is 0 Å². The number of aromatic nitrogens is 1. The third kappa shape index (κ3) is 3.61. The fourth-order valence-electron chi connectivity index (χ4n) is 3.79. The lowest BCUT2D eigenvalue weighted by atomic mass is 10.1. The van der Waals surface area contributed by atoms with E-state index in [-0.39, 0.29) is 0 Å². The van der Waals surface area contributed by atoms with Gasteiger partial charge in [-0.15, -0.1) is 0 Å². The van der Waals surface area contributed by atoms with E-state index in [1.54, 1.807) is 0 Å². The molecule has 0 amide bonds. The van der Waals surface area contributed by atoms with Crippen LogP contribution < -0.4 is 9.47 Å². The second-order valence-electron chi connectivity index (χ2n) is 6.97. The molecule has 0 spiro atoms. The normalized spacial score (nSPS) is 14.9.